The molecule has 16 aromatic carbocycles. The van der Waals surface area contributed by atoms with Gasteiger partial charge >= 0.3 is 7.12 Å². The Labute approximate surface area is 528 Å². The van der Waals surface area contributed by atoms with Gasteiger partial charge in [-0.15, -0.1) is 0 Å². The fraction of sp³-hybridized carbons (Fsp3) is 0. The van der Waals surface area contributed by atoms with Crippen molar-refractivity contribution in [1.82, 2.24) is 0 Å². The molecule has 4 nitrogen and oxygen atoms in total. The van der Waals surface area contributed by atoms with Crippen LogP contribution in [0.15, 0.2) is 329 Å². The molecule has 0 saturated carbocycles. The second kappa shape index (κ2) is 23.0. The smallest absolute Gasteiger partial charge is 0.456 e. The van der Waals surface area contributed by atoms with Gasteiger partial charge in [0.1, 0.15) is 22.3 Å². The first-order valence-electron chi connectivity index (χ1n) is 30.3. The Kier molecular flexibility index (Phi) is 13.9. The Hall–Kier alpha value is -10.9. The fourth-order valence-corrected chi connectivity index (χ4v) is 13.9. The predicted octanol–water partition coefficient (Wildman–Crippen LogP) is 22.6. The standard InChI is InChI=1S/C42H26O.C24H17BO2.C18H11BrO/c1-2-11-28-24-32(21-20-27(28)10-1)42-36-17-5-3-15-34(36)41(35-16-4-6-18-37(35)42)31-13-9-12-29(25-31)30-22-23-40-38(26-30)33-14-7-8-19-39(33)43-40;26-25(27)24-21-11-5-3-9-19(21)23(20-10-4-6-12-22(20)24)18-14-13-16-7-1-2-8-17(16)15-18;19-14-5-3-4-12(10-14)13-8-9-18-16(11-13)15-6-1-2-7-17(15)20-18/h1-26H;1-15,26-27H;1-11H. The van der Waals surface area contributed by atoms with E-state index in [-0.39, 0.29) is 0 Å². The van der Waals surface area contributed by atoms with Crippen molar-refractivity contribution in [3.05, 3.63) is 320 Å². The van der Waals surface area contributed by atoms with E-state index in [0.717, 1.165) is 75.6 Å². The maximum absolute atomic E-state index is 10.1. The number of furan rings is 2. The fourth-order valence-electron chi connectivity index (χ4n) is 13.5. The van der Waals surface area contributed by atoms with E-state index < -0.39 is 7.12 Å². The van der Waals surface area contributed by atoms with Crippen molar-refractivity contribution in [2.24, 2.45) is 0 Å². The van der Waals surface area contributed by atoms with Gasteiger partial charge in [0.15, 0.2) is 0 Å². The van der Waals surface area contributed by atoms with Gasteiger partial charge in [0.25, 0.3) is 0 Å². The molecule has 0 aliphatic rings. The highest BCUT2D eigenvalue weighted by Crippen LogP contribution is 2.46. The molecule has 2 N–H and O–H groups in total. The van der Waals surface area contributed by atoms with Crippen LogP contribution in [0.2, 0.25) is 0 Å². The van der Waals surface area contributed by atoms with Gasteiger partial charge in [-0.2, -0.15) is 0 Å². The number of rotatable bonds is 6. The van der Waals surface area contributed by atoms with E-state index in [1.165, 1.54) is 93.0 Å². The average Bonchev–Trinajstić information content (AvgIpc) is 1.78. The summed E-state index contributed by atoms with van der Waals surface area (Å²) in [5.74, 6) is 0. The summed E-state index contributed by atoms with van der Waals surface area (Å²) in [7, 11) is -1.52. The summed E-state index contributed by atoms with van der Waals surface area (Å²) in [5.41, 5.74) is 16.3. The molecule has 424 valence electrons. The largest absolute Gasteiger partial charge is 0.489 e. The molecule has 18 rings (SSSR count). The minimum Gasteiger partial charge on any atom is -0.456 e. The van der Waals surface area contributed by atoms with Crippen LogP contribution in [0.5, 0.6) is 0 Å². The van der Waals surface area contributed by atoms with Crippen LogP contribution < -0.4 is 5.46 Å². The minimum absolute atomic E-state index is 0.561. The second-order valence-electron chi connectivity index (χ2n) is 22.9. The van der Waals surface area contributed by atoms with Crippen LogP contribution in [-0.2, 0) is 0 Å². The lowest BCUT2D eigenvalue weighted by atomic mass is 9.72. The Balaban J connectivity index is 0.000000118. The molecule has 0 fully saturated rings. The summed E-state index contributed by atoms with van der Waals surface area (Å²) < 4.78 is 13.1. The Morgan fingerprint density at radius 2 is 0.533 bits per heavy atom. The minimum atomic E-state index is -1.52. The molecule has 2 heterocycles. The highest BCUT2D eigenvalue weighted by atomic mass is 79.9. The van der Waals surface area contributed by atoms with Crippen molar-refractivity contribution in [2.75, 3.05) is 0 Å². The molecule has 0 aliphatic carbocycles. The normalized spacial score (nSPS) is 11.5. The van der Waals surface area contributed by atoms with E-state index in [1.807, 2.05) is 91.0 Å². The van der Waals surface area contributed by atoms with E-state index in [1.54, 1.807) is 0 Å². The van der Waals surface area contributed by atoms with Crippen LogP contribution in [-0.4, -0.2) is 17.2 Å². The SMILES string of the molecule is Brc1cccc(-c2ccc3oc4ccccc4c3c2)c1.OB(O)c1c2ccccc2c(-c2ccc3ccccc3c2)c2ccccc12.c1cc(-c2ccc3oc4ccccc4c3c2)cc(-c2c3ccccc3c(-c3ccc4ccccc4c3)c3ccccc23)c1. The van der Waals surface area contributed by atoms with Gasteiger partial charge in [-0.3, -0.25) is 0 Å². The van der Waals surface area contributed by atoms with Crippen molar-refractivity contribution >= 4 is 137 Å². The lowest BCUT2D eigenvalue weighted by molar-refractivity contribution is 0.426. The van der Waals surface area contributed by atoms with Gasteiger partial charge in [-0.25, -0.2) is 0 Å². The zero-order chi connectivity index (χ0) is 60.2. The van der Waals surface area contributed by atoms with Crippen LogP contribution in [0.4, 0.5) is 0 Å². The Morgan fingerprint density at radius 3 is 0.967 bits per heavy atom. The van der Waals surface area contributed by atoms with Gasteiger partial charge in [0.2, 0.25) is 0 Å². The van der Waals surface area contributed by atoms with Gasteiger partial charge in [-0.05, 0) is 192 Å². The molecule has 18 aromatic rings. The van der Waals surface area contributed by atoms with Gasteiger partial charge in [0.05, 0.1) is 0 Å². The molecule has 0 unspecified atom stereocenters. The van der Waals surface area contributed by atoms with E-state index in [4.69, 9.17) is 8.83 Å². The highest BCUT2D eigenvalue weighted by Gasteiger charge is 2.23. The molecule has 0 spiro atoms. The van der Waals surface area contributed by atoms with Crippen molar-refractivity contribution in [3.63, 3.8) is 0 Å². The van der Waals surface area contributed by atoms with Crippen molar-refractivity contribution < 1.29 is 18.9 Å². The number of hydrogen-bond donors (Lipinski definition) is 2. The summed E-state index contributed by atoms with van der Waals surface area (Å²) in [6.45, 7) is 0. The van der Waals surface area contributed by atoms with Crippen molar-refractivity contribution in [3.8, 4) is 55.6 Å². The third kappa shape index (κ3) is 9.85. The monoisotopic (exact) mass is 1220 g/mol. The van der Waals surface area contributed by atoms with Gasteiger partial charge in [0, 0.05) is 26.0 Å². The van der Waals surface area contributed by atoms with Crippen molar-refractivity contribution in [1.29, 1.82) is 0 Å². The molecule has 0 saturated heterocycles. The first kappa shape index (κ1) is 54.5. The number of halogens is 1. The topological polar surface area (TPSA) is 66.7 Å². The quantitative estimate of drug-likeness (QED) is 0.129. The molecule has 0 radical (unpaired) electrons. The zero-order valence-corrected chi connectivity index (χ0v) is 50.3. The van der Waals surface area contributed by atoms with Gasteiger partial charge < -0.3 is 18.9 Å². The summed E-state index contributed by atoms with van der Waals surface area (Å²) in [5, 5.41) is 38.5. The van der Waals surface area contributed by atoms with Gasteiger partial charge in [-0.1, -0.05) is 265 Å². The van der Waals surface area contributed by atoms with E-state index >= 15 is 0 Å². The molecular weight excluding hydrogens is 1160 g/mol. The van der Waals surface area contributed by atoms with Crippen LogP contribution in [0.25, 0.3) is 164 Å². The summed E-state index contributed by atoms with van der Waals surface area (Å²) in [6, 6.07) is 111. The van der Waals surface area contributed by atoms with Crippen LogP contribution in [0.1, 0.15) is 0 Å². The average molecular weight is 1220 g/mol. The zero-order valence-electron chi connectivity index (χ0n) is 48.7. The summed E-state index contributed by atoms with van der Waals surface area (Å²) in [4.78, 5) is 0. The molecule has 2 aromatic heterocycles. The number of fused-ring (bicyclic) bond motifs is 12. The summed E-state index contributed by atoms with van der Waals surface area (Å²) in [6.07, 6.45) is 0. The molecule has 0 atom stereocenters. The number of benzene rings is 16. The number of hydrogen-bond acceptors (Lipinski definition) is 4. The Morgan fingerprint density at radius 1 is 0.222 bits per heavy atom. The van der Waals surface area contributed by atoms with E-state index in [9.17, 15) is 10.0 Å². The second-order valence-corrected chi connectivity index (χ2v) is 23.8. The van der Waals surface area contributed by atoms with E-state index in [0.29, 0.717) is 5.46 Å². The van der Waals surface area contributed by atoms with Crippen molar-refractivity contribution in [2.45, 2.75) is 0 Å². The maximum Gasteiger partial charge on any atom is 0.489 e. The maximum atomic E-state index is 10.1. The number of para-hydroxylation sites is 2. The molecular formula is C84H54BBrO4. The third-order valence-corrected chi connectivity index (χ3v) is 18.1. The summed E-state index contributed by atoms with van der Waals surface area (Å²) >= 11 is 3.52. The van der Waals surface area contributed by atoms with Crippen LogP contribution in [0, 0.1) is 0 Å². The Bertz CT molecular complexity index is 5710. The van der Waals surface area contributed by atoms with Crippen LogP contribution >= 0.6 is 15.9 Å². The molecule has 6 heteroatoms. The predicted molar refractivity (Wildman–Crippen MR) is 384 cm³/mol. The first-order valence-corrected chi connectivity index (χ1v) is 31.1. The van der Waals surface area contributed by atoms with E-state index in [2.05, 4.69) is 240 Å². The molecule has 0 aliphatic heterocycles. The lowest BCUT2D eigenvalue weighted by Gasteiger charge is -2.18. The third-order valence-electron chi connectivity index (χ3n) is 17.6. The molecule has 0 amide bonds. The van der Waals surface area contributed by atoms with Crippen LogP contribution in [0.3, 0.4) is 0 Å². The first-order chi connectivity index (χ1) is 44.4. The molecule has 0 bridgehead atoms. The molecule has 90 heavy (non-hydrogen) atoms. The lowest BCUT2D eigenvalue weighted by Crippen LogP contribution is -2.31. The highest BCUT2D eigenvalue weighted by molar-refractivity contribution is 9.10.